The number of likely N-dealkylation sites (N-methyl/N-ethyl adjacent to an activating group) is 1. The van der Waals surface area contributed by atoms with Gasteiger partial charge >= 0.3 is 30.9 Å². The summed E-state index contributed by atoms with van der Waals surface area (Å²) in [5, 5.41) is 24.7. The van der Waals surface area contributed by atoms with E-state index in [1.807, 2.05) is 0 Å². The summed E-state index contributed by atoms with van der Waals surface area (Å²) in [5.41, 5.74) is 0.352. The molecule has 1 aromatic rings. The van der Waals surface area contributed by atoms with Gasteiger partial charge in [0.1, 0.15) is 11.8 Å². The maximum atomic E-state index is 13.1. The molecule has 188 valence electrons. The first-order valence-electron chi connectivity index (χ1n) is 11.0. The number of hydrogen-bond acceptors (Lipinski definition) is 8. The highest BCUT2D eigenvalue weighted by Gasteiger charge is 2.41. The molecule has 2 heterocycles. The highest BCUT2D eigenvalue weighted by Crippen LogP contribution is 2.30. The van der Waals surface area contributed by atoms with Crippen LogP contribution in [0.2, 0.25) is 0 Å². The summed E-state index contributed by atoms with van der Waals surface area (Å²) in [7, 11) is -0.226. The van der Waals surface area contributed by atoms with Crippen molar-refractivity contribution in [1.29, 1.82) is 0 Å². The molecular formula is C21H27BN4O9. The number of carboxylic acids is 1. The van der Waals surface area contributed by atoms with E-state index in [9.17, 15) is 34.1 Å². The van der Waals surface area contributed by atoms with Crippen molar-refractivity contribution < 1.29 is 43.5 Å². The normalized spacial score (nSPS) is 19.4. The maximum absolute atomic E-state index is 13.1. The second-order valence-electron chi connectivity index (χ2n) is 8.14. The second-order valence-corrected chi connectivity index (χ2v) is 8.14. The van der Waals surface area contributed by atoms with Gasteiger partial charge in [0.15, 0.2) is 0 Å². The molecule has 0 spiro atoms. The lowest BCUT2D eigenvalue weighted by atomic mass is 9.72. The van der Waals surface area contributed by atoms with E-state index in [1.54, 1.807) is 13.0 Å². The Morgan fingerprint density at radius 1 is 1.26 bits per heavy atom. The first-order chi connectivity index (χ1) is 16.6. The number of aromatic carboxylic acids is 1. The standard InChI is InChI=1S/C21H27BN4O9/c1-4-25-8-9-26(19(29)18(25)28)21(32)24-15(11(2)34-3)17(27)23-14-10-12-6-5-7-13(20(30)31)16(12)35-22(14)33/h5-7,11,14-15,33H,4,8-10H2,1-3H3,(H,23,27)(H,24,32)(H,30,31)/t11-,14?,15-/m0/s1. The Morgan fingerprint density at radius 2 is 1.97 bits per heavy atom. The molecule has 1 saturated heterocycles. The van der Waals surface area contributed by atoms with Crippen molar-refractivity contribution in [3.8, 4) is 5.75 Å². The number of carbonyl (C=O) groups is 5. The van der Waals surface area contributed by atoms with Crippen LogP contribution in [-0.2, 0) is 25.5 Å². The zero-order valence-corrected chi connectivity index (χ0v) is 19.5. The lowest BCUT2D eigenvalue weighted by Gasteiger charge is -2.34. The Hall–Kier alpha value is -3.65. The zero-order valence-electron chi connectivity index (χ0n) is 19.5. The van der Waals surface area contributed by atoms with Gasteiger partial charge in [0.2, 0.25) is 5.91 Å². The number of piperazine rings is 1. The van der Waals surface area contributed by atoms with Gasteiger partial charge in [-0.15, -0.1) is 0 Å². The molecule has 1 fully saturated rings. The van der Waals surface area contributed by atoms with Crippen LogP contribution in [-0.4, -0.2) is 102 Å². The van der Waals surface area contributed by atoms with Crippen LogP contribution in [0, 0.1) is 0 Å². The molecular weight excluding hydrogens is 463 g/mol. The molecule has 5 amide bonds. The van der Waals surface area contributed by atoms with Crippen molar-refractivity contribution in [2.75, 3.05) is 26.7 Å². The van der Waals surface area contributed by atoms with Crippen LogP contribution in [0.4, 0.5) is 4.79 Å². The van der Waals surface area contributed by atoms with Crippen LogP contribution in [0.1, 0.15) is 29.8 Å². The van der Waals surface area contributed by atoms with E-state index in [0.29, 0.717) is 12.1 Å². The first-order valence-corrected chi connectivity index (χ1v) is 11.0. The van der Waals surface area contributed by atoms with E-state index in [0.717, 1.165) is 4.90 Å². The van der Waals surface area contributed by atoms with Gasteiger partial charge in [0, 0.05) is 26.7 Å². The van der Waals surface area contributed by atoms with Crippen LogP contribution in [0.15, 0.2) is 18.2 Å². The first kappa shape index (κ1) is 26.0. The number of para-hydroxylation sites is 1. The van der Waals surface area contributed by atoms with Crippen molar-refractivity contribution in [2.24, 2.45) is 0 Å². The summed E-state index contributed by atoms with van der Waals surface area (Å²) >= 11 is 0. The molecule has 2 aliphatic heterocycles. The van der Waals surface area contributed by atoms with Crippen LogP contribution in [0.25, 0.3) is 0 Å². The van der Waals surface area contributed by atoms with Crippen molar-refractivity contribution in [3.63, 3.8) is 0 Å². The van der Waals surface area contributed by atoms with E-state index in [4.69, 9.17) is 9.39 Å². The largest absolute Gasteiger partial charge is 0.547 e. The van der Waals surface area contributed by atoms with Crippen LogP contribution >= 0.6 is 0 Å². The quantitative estimate of drug-likeness (QED) is 0.265. The fourth-order valence-electron chi connectivity index (χ4n) is 3.90. The zero-order chi connectivity index (χ0) is 25.9. The average Bonchev–Trinajstić information content (AvgIpc) is 2.83. The minimum atomic E-state index is -1.55. The molecule has 3 atom stereocenters. The number of nitrogens with zero attached hydrogens (tertiary/aromatic N) is 2. The molecule has 13 nitrogen and oxygen atoms in total. The number of imide groups is 1. The predicted octanol–water partition coefficient (Wildman–Crippen LogP) is -1.37. The minimum absolute atomic E-state index is 0.0162. The van der Waals surface area contributed by atoms with E-state index >= 15 is 0 Å². The molecule has 0 saturated carbocycles. The molecule has 0 aliphatic carbocycles. The monoisotopic (exact) mass is 490 g/mol. The predicted molar refractivity (Wildman–Crippen MR) is 120 cm³/mol. The number of methoxy groups -OCH3 is 1. The van der Waals surface area contributed by atoms with Gasteiger partial charge in [0.05, 0.1) is 17.6 Å². The molecule has 0 bridgehead atoms. The molecule has 35 heavy (non-hydrogen) atoms. The molecule has 3 rings (SSSR count). The number of carbonyl (C=O) groups excluding carboxylic acids is 4. The van der Waals surface area contributed by atoms with Crippen molar-refractivity contribution in [1.82, 2.24) is 20.4 Å². The fraction of sp³-hybridized carbons (Fsp3) is 0.476. The van der Waals surface area contributed by atoms with Gasteiger partial charge < -0.3 is 35.1 Å². The van der Waals surface area contributed by atoms with Gasteiger partial charge in [0.25, 0.3) is 0 Å². The van der Waals surface area contributed by atoms with Crippen molar-refractivity contribution in [3.05, 3.63) is 29.3 Å². The Kier molecular flexibility index (Phi) is 7.97. The lowest BCUT2D eigenvalue weighted by molar-refractivity contribution is -0.153. The number of amides is 5. The van der Waals surface area contributed by atoms with Crippen molar-refractivity contribution >= 4 is 36.8 Å². The lowest BCUT2D eigenvalue weighted by Crippen LogP contribution is -2.63. The Labute approximate surface area is 201 Å². The van der Waals surface area contributed by atoms with Gasteiger partial charge in [-0.2, -0.15) is 0 Å². The summed E-state index contributed by atoms with van der Waals surface area (Å²) in [4.78, 5) is 63.7. The van der Waals surface area contributed by atoms with Crippen LogP contribution < -0.4 is 15.3 Å². The smallest absolute Gasteiger partial charge is 0.534 e. The summed E-state index contributed by atoms with van der Waals surface area (Å²) in [6, 6.07) is 2.26. The summed E-state index contributed by atoms with van der Waals surface area (Å²) < 4.78 is 10.6. The van der Waals surface area contributed by atoms with Crippen LogP contribution in [0.3, 0.4) is 0 Å². The SMILES string of the molecule is CCN1CCN(C(=O)N[C@H](C(=O)NC2Cc3cccc(C(=O)O)c3OB2O)[C@H](C)OC)C(=O)C1=O. The van der Waals surface area contributed by atoms with E-state index < -0.39 is 54.9 Å². The summed E-state index contributed by atoms with van der Waals surface area (Å²) in [6.07, 6.45) is -0.772. The molecule has 1 aromatic carbocycles. The number of rotatable bonds is 7. The second kappa shape index (κ2) is 10.7. The number of nitrogens with one attached hydrogen (secondary N) is 2. The Balaban J connectivity index is 1.72. The summed E-state index contributed by atoms with van der Waals surface area (Å²) in [6.45, 7) is 3.71. The van der Waals surface area contributed by atoms with Gasteiger partial charge in [-0.3, -0.25) is 19.3 Å². The third-order valence-corrected chi connectivity index (χ3v) is 6.02. The molecule has 0 radical (unpaired) electrons. The number of benzene rings is 1. The minimum Gasteiger partial charge on any atom is -0.534 e. The van der Waals surface area contributed by atoms with Gasteiger partial charge in [-0.05, 0) is 31.9 Å². The average molecular weight is 490 g/mol. The maximum Gasteiger partial charge on any atom is 0.547 e. The fourth-order valence-corrected chi connectivity index (χ4v) is 3.90. The Morgan fingerprint density at radius 3 is 2.60 bits per heavy atom. The number of carboxylic acid groups (broad SMARTS) is 1. The highest BCUT2D eigenvalue weighted by atomic mass is 16.5. The van der Waals surface area contributed by atoms with E-state index in [2.05, 4.69) is 10.6 Å². The van der Waals surface area contributed by atoms with E-state index in [1.165, 1.54) is 31.1 Å². The van der Waals surface area contributed by atoms with Crippen LogP contribution in [0.5, 0.6) is 5.75 Å². The topological polar surface area (TPSA) is 175 Å². The molecule has 4 N–H and O–H groups in total. The van der Waals surface area contributed by atoms with Gasteiger partial charge in [-0.25, -0.2) is 9.59 Å². The number of ether oxygens (including phenoxy) is 1. The van der Waals surface area contributed by atoms with E-state index in [-0.39, 0.29) is 30.8 Å². The number of urea groups is 1. The van der Waals surface area contributed by atoms with Gasteiger partial charge in [-0.1, -0.05) is 12.1 Å². The third-order valence-electron chi connectivity index (χ3n) is 6.02. The third kappa shape index (κ3) is 5.38. The molecule has 2 aliphatic rings. The number of hydrogen-bond donors (Lipinski definition) is 4. The number of fused-ring (bicyclic) bond motifs is 1. The molecule has 1 unspecified atom stereocenters. The summed E-state index contributed by atoms with van der Waals surface area (Å²) in [5.74, 6) is -4.70. The molecule has 14 heteroatoms. The Bertz CT molecular complexity index is 1040. The molecule has 0 aromatic heterocycles. The highest BCUT2D eigenvalue weighted by molar-refractivity contribution is 6.47. The van der Waals surface area contributed by atoms with Crippen molar-refractivity contribution in [2.45, 2.75) is 38.4 Å².